The van der Waals surface area contributed by atoms with Crippen LogP contribution >= 0.6 is 34.8 Å². The second-order valence-corrected chi connectivity index (χ2v) is 10.8. The number of halogens is 3. The Labute approximate surface area is 236 Å². The van der Waals surface area contributed by atoms with E-state index in [1.165, 1.54) is 0 Å². The summed E-state index contributed by atoms with van der Waals surface area (Å²) in [6, 6.07) is 14.6. The molecule has 0 bridgehead atoms. The van der Waals surface area contributed by atoms with E-state index >= 15 is 0 Å². The third-order valence-corrected chi connectivity index (χ3v) is 8.10. The van der Waals surface area contributed by atoms with Crippen molar-refractivity contribution in [2.45, 2.75) is 24.8 Å². The van der Waals surface area contributed by atoms with Crippen LogP contribution in [0.1, 0.15) is 35.4 Å². The van der Waals surface area contributed by atoms with Crippen molar-refractivity contribution in [1.29, 1.82) is 5.26 Å². The average molecular weight is 568 g/mol. The highest BCUT2D eigenvalue weighted by molar-refractivity contribution is 6.42. The van der Waals surface area contributed by atoms with Gasteiger partial charge >= 0.3 is 6.03 Å². The summed E-state index contributed by atoms with van der Waals surface area (Å²) in [5, 5.41) is 13.9. The first-order chi connectivity index (χ1) is 18.4. The lowest BCUT2D eigenvalue weighted by molar-refractivity contribution is 0.177. The molecule has 2 aliphatic rings. The van der Waals surface area contributed by atoms with E-state index in [9.17, 15) is 10.1 Å². The molecule has 2 amide bonds. The van der Waals surface area contributed by atoms with Gasteiger partial charge in [0.05, 0.1) is 21.4 Å². The number of fused-ring (bicyclic) bond motifs is 2. The number of carbonyl (C=O) groups is 1. The number of rotatable bonds is 5. The number of nitrogens with zero attached hydrogens (tertiary/aromatic N) is 5. The molecule has 4 heterocycles. The van der Waals surface area contributed by atoms with Gasteiger partial charge in [0.15, 0.2) is 0 Å². The molecule has 0 unspecified atom stereocenters. The predicted octanol–water partition coefficient (Wildman–Crippen LogP) is 6.09. The summed E-state index contributed by atoms with van der Waals surface area (Å²) in [6.45, 7) is 3.37. The van der Waals surface area contributed by atoms with Crippen LogP contribution < -0.4 is 10.2 Å². The molecule has 5 rings (SSSR count). The number of urea groups is 1. The molecule has 1 fully saturated rings. The Morgan fingerprint density at radius 2 is 1.92 bits per heavy atom. The molecule has 0 atom stereocenters. The molecule has 1 aromatic carbocycles. The van der Waals surface area contributed by atoms with Gasteiger partial charge in [0.2, 0.25) is 0 Å². The highest BCUT2D eigenvalue weighted by Gasteiger charge is 2.47. The van der Waals surface area contributed by atoms with Crippen LogP contribution in [0.4, 0.5) is 10.5 Å². The number of nitrogens with one attached hydrogen (secondary N) is 1. The first kappa shape index (κ1) is 26.5. The maximum atomic E-state index is 13.3. The van der Waals surface area contributed by atoms with E-state index in [-0.39, 0.29) is 11.4 Å². The van der Waals surface area contributed by atoms with Crippen LogP contribution in [0.25, 0.3) is 6.08 Å². The molecule has 1 N–H and O–H groups in total. The second-order valence-electron chi connectivity index (χ2n) is 9.56. The zero-order valence-electron chi connectivity index (χ0n) is 20.5. The Bertz CT molecular complexity index is 1430. The molecular weight excluding hydrogens is 543 g/mol. The van der Waals surface area contributed by atoms with E-state index in [0.29, 0.717) is 34.0 Å². The molecule has 2 aromatic heterocycles. The average Bonchev–Trinajstić information content (AvgIpc) is 3.23. The number of carbonyl (C=O) groups excluding carboxylic acids is 1. The first-order valence-electron chi connectivity index (χ1n) is 12.3. The summed E-state index contributed by atoms with van der Waals surface area (Å²) >= 11 is 18.1. The van der Waals surface area contributed by atoms with Gasteiger partial charge in [-0.3, -0.25) is 9.80 Å². The molecule has 0 saturated carbocycles. The Kier molecular flexibility index (Phi) is 7.87. The maximum absolute atomic E-state index is 13.3. The van der Waals surface area contributed by atoms with Crippen molar-refractivity contribution in [2.24, 2.45) is 0 Å². The molecule has 0 aliphatic carbocycles. The van der Waals surface area contributed by atoms with Crippen LogP contribution in [0, 0.1) is 11.3 Å². The third kappa shape index (κ3) is 5.64. The first-order valence-corrected chi connectivity index (χ1v) is 13.4. The van der Waals surface area contributed by atoms with Crippen molar-refractivity contribution in [1.82, 2.24) is 20.2 Å². The largest absolute Gasteiger partial charge is 0.334 e. The van der Waals surface area contributed by atoms with E-state index < -0.39 is 0 Å². The lowest BCUT2D eigenvalue weighted by Gasteiger charge is -2.38. The van der Waals surface area contributed by atoms with Crippen molar-refractivity contribution in [3.63, 3.8) is 0 Å². The lowest BCUT2D eigenvalue weighted by Crippen LogP contribution is -2.47. The summed E-state index contributed by atoms with van der Waals surface area (Å²) in [7, 11) is 0. The second kappa shape index (κ2) is 11.3. The number of benzene rings is 1. The Morgan fingerprint density at radius 3 is 2.66 bits per heavy atom. The third-order valence-electron chi connectivity index (χ3n) is 7.15. The SMILES string of the molecule is N#Cc1ccc2c(n1)C1(CCN(CC=Cc3ccc(Cl)c(Cl)c3)CC1)CN2C(=O)NCc1ccnc(Cl)c1. The topological polar surface area (TPSA) is 85.2 Å². The van der Waals surface area contributed by atoms with Gasteiger partial charge in [-0.15, -0.1) is 0 Å². The maximum Gasteiger partial charge on any atom is 0.322 e. The predicted molar refractivity (Wildman–Crippen MR) is 151 cm³/mol. The summed E-state index contributed by atoms with van der Waals surface area (Å²) in [6.07, 6.45) is 7.46. The van der Waals surface area contributed by atoms with Crippen molar-refractivity contribution in [3.8, 4) is 6.07 Å². The number of hydrogen-bond acceptors (Lipinski definition) is 5. The molecule has 7 nitrogen and oxygen atoms in total. The number of anilines is 1. The minimum Gasteiger partial charge on any atom is -0.334 e. The summed E-state index contributed by atoms with van der Waals surface area (Å²) in [5.74, 6) is 0. The lowest BCUT2D eigenvalue weighted by atomic mass is 9.76. The number of nitriles is 1. The Hall–Kier alpha value is -3.15. The van der Waals surface area contributed by atoms with Gasteiger partial charge in [-0.1, -0.05) is 53.0 Å². The fraction of sp³-hybridized carbons (Fsp3) is 0.286. The van der Waals surface area contributed by atoms with Crippen molar-refractivity contribution < 1.29 is 4.79 Å². The molecule has 3 aromatic rings. The summed E-state index contributed by atoms with van der Waals surface area (Å²) in [4.78, 5) is 26.1. The zero-order valence-corrected chi connectivity index (χ0v) is 22.8. The number of pyridine rings is 2. The monoisotopic (exact) mass is 566 g/mol. The minimum absolute atomic E-state index is 0.199. The van der Waals surface area contributed by atoms with Gasteiger partial charge in [-0.05, 0) is 73.5 Å². The highest BCUT2D eigenvalue weighted by atomic mass is 35.5. The minimum atomic E-state index is -0.288. The number of hydrogen-bond donors (Lipinski definition) is 1. The quantitative estimate of drug-likeness (QED) is 0.378. The van der Waals surface area contributed by atoms with Crippen molar-refractivity contribution in [2.75, 3.05) is 31.1 Å². The molecule has 10 heteroatoms. The van der Waals surface area contributed by atoms with Crippen molar-refractivity contribution >= 4 is 52.6 Å². The highest BCUT2D eigenvalue weighted by Crippen LogP contribution is 2.46. The summed E-state index contributed by atoms with van der Waals surface area (Å²) < 4.78 is 0. The van der Waals surface area contributed by atoms with Gasteiger partial charge in [0.1, 0.15) is 16.9 Å². The van der Waals surface area contributed by atoms with E-state index in [0.717, 1.165) is 55.0 Å². The molecule has 194 valence electrons. The van der Waals surface area contributed by atoms with Gasteiger partial charge in [0, 0.05) is 31.2 Å². The number of piperidine rings is 1. The molecule has 38 heavy (non-hydrogen) atoms. The number of amides is 2. The molecule has 0 radical (unpaired) electrons. The van der Waals surface area contributed by atoms with Gasteiger partial charge in [0.25, 0.3) is 0 Å². The fourth-order valence-corrected chi connectivity index (χ4v) is 5.61. The smallest absolute Gasteiger partial charge is 0.322 e. The standard InChI is InChI=1S/C28H25Cl3N6O/c29-22-5-3-19(14-23(22)30)2-1-11-36-12-8-28(9-13-36)18-37(24-6-4-21(16-32)35-26(24)28)27(38)34-17-20-7-10-33-25(31)15-20/h1-7,10,14-15H,8-9,11-13,17-18H2,(H,34,38). The van der Waals surface area contributed by atoms with Crippen LogP contribution in [-0.4, -0.2) is 47.1 Å². The fourth-order valence-electron chi connectivity index (χ4n) is 5.10. The van der Waals surface area contributed by atoms with Gasteiger partial charge < -0.3 is 5.32 Å². The molecule has 2 aliphatic heterocycles. The zero-order chi connectivity index (χ0) is 26.7. The Balaban J connectivity index is 1.27. The van der Waals surface area contributed by atoms with Crippen LogP contribution in [0.3, 0.4) is 0 Å². The van der Waals surface area contributed by atoms with E-state index in [1.54, 1.807) is 29.3 Å². The molecule has 1 saturated heterocycles. The van der Waals surface area contributed by atoms with E-state index in [1.807, 2.05) is 30.3 Å². The summed E-state index contributed by atoms with van der Waals surface area (Å²) in [5.41, 5.74) is 3.55. The van der Waals surface area contributed by atoms with Crippen LogP contribution in [0.2, 0.25) is 15.2 Å². The molecule has 1 spiro atoms. The van der Waals surface area contributed by atoms with Gasteiger partial charge in [-0.25, -0.2) is 14.8 Å². The van der Waals surface area contributed by atoms with Crippen LogP contribution in [-0.2, 0) is 12.0 Å². The van der Waals surface area contributed by atoms with Crippen LogP contribution in [0.5, 0.6) is 0 Å². The number of aromatic nitrogens is 2. The normalized spacial score (nSPS) is 16.5. The molecular formula is C28H25Cl3N6O. The van der Waals surface area contributed by atoms with Gasteiger partial charge in [-0.2, -0.15) is 5.26 Å². The Morgan fingerprint density at radius 1 is 1.11 bits per heavy atom. The number of likely N-dealkylation sites (tertiary alicyclic amines) is 1. The van der Waals surface area contributed by atoms with E-state index in [4.69, 9.17) is 34.8 Å². The van der Waals surface area contributed by atoms with E-state index in [2.05, 4.69) is 32.3 Å². The van der Waals surface area contributed by atoms with Crippen molar-refractivity contribution in [3.05, 3.63) is 92.5 Å². The van der Waals surface area contributed by atoms with Crippen LogP contribution in [0.15, 0.2) is 54.7 Å².